The standard InChI is InChI=1S/C15H14O2/c16-14-9-11-6-7-12(14)8-13(11)15(17)10-4-2-1-3-5-10/h1-5,8,11-12H,6-7,9H2/t11-,12-/m1/s1. The highest BCUT2D eigenvalue weighted by Gasteiger charge is 2.37. The first kappa shape index (κ1) is 10.5. The number of carbonyl (C=O) groups excluding carboxylic acids is 2. The molecule has 0 heterocycles. The largest absolute Gasteiger partial charge is 0.299 e. The molecule has 2 heteroatoms. The van der Waals surface area contributed by atoms with Crippen LogP contribution in [0.2, 0.25) is 0 Å². The fourth-order valence-corrected chi connectivity index (χ4v) is 2.85. The lowest BCUT2D eigenvalue weighted by atomic mass is 9.69. The van der Waals surface area contributed by atoms with Crippen molar-refractivity contribution in [3.63, 3.8) is 0 Å². The van der Waals surface area contributed by atoms with E-state index in [1.165, 1.54) is 0 Å². The molecule has 0 spiro atoms. The Morgan fingerprint density at radius 3 is 2.47 bits per heavy atom. The van der Waals surface area contributed by atoms with Gasteiger partial charge in [0.1, 0.15) is 5.78 Å². The smallest absolute Gasteiger partial charge is 0.189 e. The van der Waals surface area contributed by atoms with Gasteiger partial charge in [-0.3, -0.25) is 9.59 Å². The molecule has 3 aliphatic rings. The third-order valence-electron chi connectivity index (χ3n) is 3.81. The molecule has 2 nitrogen and oxygen atoms in total. The van der Waals surface area contributed by atoms with Gasteiger partial charge in [-0.15, -0.1) is 0 Å². The molecule has 0 aromatic heterocycles. The molecule has 1 saturated carbocycles. The van der Waals surface area contributed by atoms with E-state index < -0.39 is 0 Å². The van der Waals surface area contributed by atoms with Crippen molar-refractivity contribution in [2.24, 2.45) is 11.8 Å². The number of benzene rings is 1. The summed E-state index contributed by atoms with van der Waals surface area (Å²) >= 11 is 0. The molecule has 0 saturated heterocycles. The van der Waals surface area contributed by atoms with E-state index in [0.717, 1.165) is 24.0 Å². The summed E-state index contributed by atoms with van der Waals surface area (Å²) < 4.78 is 0. The molecule has 0 N–H and O–H groups in total. The number of hydrogen-bond acceptors (Lipinski definition) is 2. The first-order valence-corrected chi connectivity index (χ1v) is 6.10. The van der Waals surface area contributed by atoms with Crippen LogP contribution >= 0.6 is 0 Å². The third-order valence-corrected chi connectivity index (χ3v) is 3.81. The molecule has 86 valence electrons. The Morgan fingerprint density at radius 1 is 1.12 bits per heavy atom. The molecule has 0 unspecified atom stereocenters. The van der Waals surface area contributed by atoms with E-state index in [0.29, 0.717) is 12.2 Å². The molecule has 1 aromatic rings. The van der Waals surface area contributed by atoms with Gasteiger partial charge >= 0.3 is 0 Å². The zero-order valence-electron chi connectivity index (χ0n) is 9.56. The van der Waals surface area contributed by atoms with E-state index in [2.05, 4.69) is 0 Å². The van der Waals surface area contributed by atoms with Gasteiger partial charge in [0.05, 0.1) is 0 Å². The average Bonchev–Trinajstić information content (AvgIpc) is 2.39. The highest BCUT2D eigenvalue weighted by atomic mass is 16.1. The fourth-order valence-electron chi connectivity index (χ4n) is 2.85. The first-order valence-electron chi connectivity index (χ1n) is 6.10. The van der Waals surface area contributed by atoms with Gasteiger partial charge in [-0.05, 0) is 18.8 Å². The quantitative estimate of drug-likeness (QED) is 0.727. The van der Waals surface area contributed by atoms with Gasteiger partial charge in [0, 0.05) is 23.5 Å². The van der Waals surface area contributed by atoms with Crippen molar-refractivity contribution in [1.29, 1.82) is 0 Å². The maximum absolute atomic E-state index is 12.3. The second kappa shape index (κ2) is 3.95. The maximum Gasteiger partial charge on any atom is 0.189 e. The molecule has 0 aliphatic heterocycles. The van der Waals surface area contributed by atoms with Crippen molar-refractivity contribution in [2.75, 3.05) is 0 Å². The zero-order valence-corrected chi connectivity index (χ0v) is 9.56. The molecule has 0 radical (unpaired) electrons. The van der Waals surface area contributed by atoms with E-state index >= 15 is 0 Å². The van der Waals surface area contributed by atoms with Crippen LogP contribution in [0.15, 0.2) is 42.0 Å². The third kappa shape index (κ3) is 1.74. The van der Waals surface area contributed by atoms with E-state index in [1.54, 1.807) is 0 Å². The van der Waals surface area contributed by atoms with Crippen LogP contribution < -0.4 is 0 Å². The minimum Gasteiger partial charge on any atom is -0.299 e. The summed E-state index contributed by atoms with van der Waals surface area (Å²) in [5, 5.41) is 0. The molecular weight excluding hydrogens is 212 g/mol. The molecular formula is C15H14O2. The summed E-state index contributed by atoms with van der Waals surface area (Å²) in [4.78, 5) is 23.9. The molecule has 2 bridgehead atoms. The fraction of sp³-hybridized carbons (Fsp3) is 0.333. The SMILES string of the molecule is O=C(C1=C[C@H]2CC[C@@H]1CC2=O)c1ccccc1. The molecule has 4 rings (SSSR count). The minimum atomic E-state index is 0.00247. The molecule has 17 heavy (non-hydrogen) atoms. The normalized spacial score (nSPS) is 26.8. The van der Waals surface area contributed by atoms with Gasteiger partial charge in [0.2, 0.25) is 0 Å². The summed E-state index contributed by atoms with van der Waals surface area (Å²) in [7, 11) is 0. The topological polar surface area (TPSA) is 34.1 Å². The lowest BCUT2D eigenvalue weighted by molar-refractivity contribution is -0.124. The van der Waals surface area contributed by atoms with Crippen LogP contribution in [0.25, 0.3) is 0 Å². The summed E-state index contributed by atoms with van der Waals surface area (Å²) in [6.07, 6.45) is 4.39. The second-order valence-electron chi connectivity index (χ2n) is 4.87. The van der Waals surface area contributed by atoms with Crippen LogP contribution in [-0.2, 0) is 4.79 Å². The van der Waals surface area contributed by atoms with Crippen molar-refractivity contribution in [1.82, 2.24) is 0 Å². The van der Waals surface area contributed by atoms with E-state index in [-0.39, 0.29) is 17.6 Å². The Bertz CT molecular complexity index is 499. The van der Waals surface area contributed by atoms with Gasteiger partial charge < -0.3 is 0 Å². The number of ketones is 2. The Hall–Kier alpha value is -1.70. The second-order valence-corrected chi connectivity index (χ2v) is 4.87. The van der Waals surface area contributed by atoms with Crippen LogP contribution in [0, 0.1) is 11.8 Å². The molecule has 1 fully saturated rings. The van der Waals surface area contributed by atoms with Gasteiger partial charge in [-0.1, -0.05) is 36.4 Å². The summed E-state index contributed by atoms with van der Waals surface area (Å²) in [6.45, 7) is 0. The Labute approximate surface area is 100 Å². The first-order chi connectivity index (χ1) is 8.25. The summed E-state index contributed by atoms with van der Waals surface area (Å²) in [5.74, 6) is 0.585. The lowest BCUT2D eigenvalue weighted by Gasteiger charge is -2.33. The Kier molecular flexibility index (Phi) is 2.43. The van der Waals surface area contributed by atoms with Crippen LogP contribution in [-0.4, -0.2) is 11.6 Å². The molecule has 0 amide bonds. The lowest BCUT2D eigenvalue weighted by Crippen LogP contribution is -2.33. The van der Waals surface area contributed by atoms with Gasteiger partial charge in [-0.2, -0.15) is 0 Å². The van der Waals surface area contributed by atoms with Crippen molar-refractivity contribution in [3.8, 4) is 0 Å². The minimum absolute atomic E-state index is 0.00247. The van der Waals surface area contributed by atoms with Gasteiger partial charge in [0.25, 0.3) is 0 Å². The van der Waals surface area contributed by atoms with Crippen LogP contribution in [0.1, 0.15) is 29.6 Å². The average molecular weight is 226 g/mol. The van der Waals surface area contributed by atoms with E-state index in [4.69, 9.17) is 0 Å². The van der Waals surface area contributed by atoms with Crippen LogP contribution in [0.4, 0.5) is 0 Å². The molecule has 3 aliphatic carbocycles. The van der Waals surface area contributed by atoms with Gasteiger partial charge in [0.15, 0.2) is 5.78 Å². The summed E-state index contributed by atoms with van der Waals surface area (Å²) in [6, 6.07) is 9.34. The monoisotopic (exact) mass is 226 g/mol. The van der Waals surface area contributed by atoms with Crippen LogP contribution in [0.3, 0.4) is 0 Å². The van der Waals surface area contributed by atoms with Gasteiger partial charge in [-0.25, -0.2) is 0 Å². The number of carbonyl (C=O) groups is 2. The number of hydrogen-bond donors (Lipinski definition) is 0. The number of Topliss-reactive ketones (excluding diaryl/α,β-unsaturated/α-hetero) is 2. The van der Waals surface area contributed by atoms with Crippen molar-refractivity contribution in [2.45, 2.75) is 19.3 Å². The highest BCUT2D eigenvalue weighted by molar-refractivity contribution is 6.10. The zero-order chi connectivity index (χ0) is 11.8. The Balaban J connectivity index is 1.94. The van der Waals surface area contributed by atoms with Crippen molar-refractivity contribution in [3.05, 3.63) is 47.5 Å². The summed E-state index contributed by atoms with van der Waals surface area (Å²) in [5.41, 5.74) is 1.60. The number of rotatable bonds is 2. The predicted molar refractivity (Wildman–Crippen MR) is 64.7 cm³/mol. The molecule has 2 atom stereocenters. The predicted octanol–water partition coefficient (Wildman–Crippen LogP) is 2.79. The van der Waals surface area contributed by atoms with E-state index in [9.17, 15) is 9.59 Å². The Morgan fingerprint density at radius 2 is 1.88 bits per heavy atom. The van der Waals surface area contributed by atoms with Crippen molar-refractivity contribution >= 4 is 11.6 Å². The number of allylic oxidation sites excluding steroid dienone is 2. The number of fused-ring (bicyclic) bond motifs is 2. The molecule has 1 aromatic carbocycles. The van der Waals surface area contributed by atoms with Crippen LogP contribution in [0.5, 0.6) is 0 Å². The van der Waals surface area contributed by atoms with Crippen molar-refractivity contribution < 1.29 is 9.59 Å². The maximum atomic E-state index is 12.3. The van der Waals surface area contributed by atoms with E-state index in [1.807, 2.05) is 36.4 Å². The highest BCUT2D eigenvalue weighted by Crippen LogP contribution is 2.39.